The first-order valence-corrected chi connectivity index (χ1v) is 4.99. The summed E-state index contributed by atoms with van der Waals surface area (Å²) in [4.78, 5) is 24.5. The Morgan fingerprint density at radius 2 is 1.93 bits per heavy atom. The number of rotatable bonds is 1. The second-order valence-corrected chi connectivity index (χ2v) is 3.85. The lowest BCUT2D eigenvalue weighted by Gasteiger charge is -2.21. The molecule has 0 bridgehead atoms. The third-order valence-electron chi connectivity index (χ3n) is 2.78. The van der Waals surface area contributed by atoms with E-state index < -0.39 is 0 Å². The van der Waals surface area contributed by atoms with Gasteiger partial charge in [-0.1, -0.05) is 18.2 Å². The quantitative estimate of drug-likeness (QED) is 0.694. The average Bonchev–Trinajstić information content (AvgIpc) is 2.56. The molecule has 0 spiro atoms. The molecule has 0 radical (unpaired) electrons. The maximum atomic E-state index is 11.5. The van der Waals surface area contributed by atoms with Gasteiger partial charge in [-0.15, -0.1) is 0 Å². The Bertz CT molecular complexity index is 425. The van der Waals surface area contributed by atoms with Gasteiger partial charge in [0.05, 0.1) is 6.04 Å². The van der Waals surface area contributed by atoms with E-state index in [0.717, 1.165) is 11.3 Å². The van der Waals surface area contributed by atoms with E-state index in [1.54, 1.807) is 4.90 Å². The fraction of sp³-hybridized carbons (Fsp3) is 0.333. The molecule has 0 fully saturated rings. The smallest absolute Gasteiger partial charge is 0.224 e. The minimum absolute atomic E-state index is 0.0430. The molecular weight excluding hydrogens is 190 g/mol. The molecule has 1 aromatic carbocycles. The summed E-state index contributed by atoms with van der Waals surface area (Å²) >= 11 is 0. The molecule has 1 aliphatic rings. The van der Waals surface area contributed by atoms with Crippen LogP contribution in [0.5, 0.6) is 0 Å². The van der Waals surface area contributed by atoms with Crippen LogP contribution in [0.15, 0.2) is 24.3 Å². The van der Waals surface area contributed by atoms with Crippen LogP contribution in [-0.2, 0) is 16.0 Å². The first-order chi connectivity index (χ1) is 7.11. The van der Waals surface area contributed by atoms with Crippen molar-refractivity contribution in [3.05, 3.63) is 29.8 Å². The largest absolute Gasteiger partial charge is 0.302 e. The fourth-order valence-electron chi connectivity index (χ4n) is 2.10. The van der Waals surface area contributed by atoms with Crippen LogP contribution < -0.4 is 4.90 Å². The number of ketones is 1. The number of fused-ring (bicyclic) bond motifs is 1. The fourth-order valence-corrected chi connectivity index (χ4v) is 2.10. The SMILES string of the molecule is CC(=O)[C@@H]1Cc2ccccc2N1C(C)=O. The first-order valence-electron chi connectivity index (χ1n) is 4.99. The number of hydrogen-bond acceptors (Lipinski definition) is 2. The molecule has 0 N–H and O–H groups in total. The van der Waals surface area contributed by atoms with Gasteiger partial charge in [-0.05, 0) is 18.6 Å². The number of anilines is 1. The molecule has 1 atom stereocenters. The van der Waals surface area contributed by atoms with Crippen LogP contribution in [0, 0.1) is 0 Å². The maximum absolute atomic E-state index is 11.5. The van der Waals surface area contributed by atoms with E-state index in [4.69, 9.17) is 0 Å². The van der Waals surface area contributed by atoms with Crippen LogP contribution in [0.4, 0.5) is 5.69 Å². The Morgan fingerprint density at radius 1 is 1.27 bits per heavy atom. The van der Waals surface area contributed by atoms with Crippen molar-refractivity contribution in [2.45, 2.75) is 26.3 Å². The molecule has 1 aliphatic heterocycles. The van der Waals surface area contributed by atoms with Gasteiger partial charge in [0.1, 0.15) is 0 Å². The average molecular weight is 203 g/mol. The number of benzene rings is 1. The molecule has 0 saturated carbocycles. The van der Waals surface area contributed by atoms with Crippen LogP contribution in [0.3, 0.4) is 0 Å². The lowest BCUT2D eigenvalue weighted by Crippen LogP contribution is -2.40. The maximum Gasteiger partial charge on any atom is 0.224 e. The molecular formula is C12H13NO2. The highest BCUT2D eigenvalue weighted by Gasteiger charge is 2.34. The van der Waals surface area contributed by atoms with Gasteiger partial charge >= 0.3 is 0 Å². The molecule has 78 valence electrons. The zero-order chi connectivity index (χ0) is 11.0. The highest BCUT2D eigenvalue weighted by atomic mass is 16.2. The molecule has 0 aromatic heterocycles. The van der Waals surface area contributed by atoms with Crippen molar-refractivity contribution in [3.63, 3.8) is 0 Å². The van der Waals surface area contributed by atoms with Gasteiger partial charge in [-0.25, -0.2) is 0 Å². The number of hydrogen-bond donors (Lipinski definition) is 0. The minimum atomic E-state index is -0.306. The molecule has 3 nitrogen and oxygen atoms in total. The van der Waals surface area contributed by atoms with Crippen LogP contribution >= 0.6 is 0 Å². The van der Waals surface area contributed by atoms with Crippen LogP contribution in [0.25, 0.3) is 0 Å². The Hall–Kier alpha value is -1.64. The molecule has 15 heavy (non-hydrogen) atoms. The van der Waals surface area contributed by atoms with Crippen LogP contribution in [0.2, 0.25) is 0 Å². The summed E-state index contributed by atoms with van der Waals surface area (Å²) in [5.41, 5.74) is 1.96. The molecule has 0 unspecified atom stereocenters. The monoisotopic (exact) mass is 203 g/mol. The van der Waals surface area contributed by atoms with Gasteiger partial charge in [0.25, 0.3) is 0 Å². The Balaban J connectivity index is 2.46. The highest BCUT2D eigenvalue weighted by molar-refractivity contribution is 6.02. The van der Waals surface area contributed by atoms with Crippen molar-refractivity contribution in [2.75, 3.05) is 4.90 Å². The van der Waals surface area contributed by atoms with Gasteiger partial charge < -0.3 is 4.90 Å². The van der Waals surface area contributed by atoms with Gasteiger partial charge in [-0.2, -0.15) is 0 Å². The Morgan fingerprint density at radius 3 is 2.53 bits per heavy atom. The topological polar surface area (TPSA) is 37.4 Å². The summed E-state index contributed by atoms with van der Waals surface area (Å²) < 4.78 is 0. The Labute approximate surface area is 88.7 Å². The summed E-state index contributed by atoms with van der Waals surface area (Å²) in [6.07, 6.45) is 0.644. The van der Waals surface area contributed by atoms with E-state index in [1.165, 1.54) is 13.8 Å². The highest BCUT2D eigenvalue weighted by Crippen LogP contribution is 2.32. The van der Waals surface area contributed by atoms with Crippen molar-refractivity contribution in [1.29, 1.82) is 0 Å². The van der Waals surface area contributed by atoms with Crippen molar-refractivity contribution < 1.29 is 9.59 Å². The second-order valence-electron chi connectivity index (χ2n) is 3.85. The van der Waals surface area contributed by atoms with Crippen molar-refractivity contribution in [1.82, 2.24) is 0 Å². The number of para-hydroxylation sites is 1. The van der Waals surface area contributed by atoms with E-state index >= 15 is 0 Å². The predicted molar refractivity (Wildman–Crippen MR) is 57.8 cm³/mol. The standard InChI is InChI=1S/C12H13NO2/c1-8(14)12-7-10-5-3-4-6-11(10)13(12)9(2)15/h3-6,12H,7H2,1-2H3/t12-/m0/s1. The summed E-state index contributed by atoms with van der Waals surface area (Å²) in [5, 5.41) is 0. The van der Waals surface area contributed by atoms with E-state index in [-0.39, 0.29) is 17.7 Å². The molecule has 3 heteroatoms. The number of carbonyl (C=O) groups is 2. The van der Waals surface area contributed by atoms with Crippen LogP contribution in [0.1, 0.15) is 19.4 Å². The first kappa shape index (κ1) is 9.90. The second kappa shape index (κ2) is 3.50. The minimum Gasteiger partial charge on any atom is -0.302 e. The molecule has 1 aromatic rings. The van der Waals surface area contributed by atoms with E-state index in [2.05, 4.69) is 0 Å². The van der Waals surface area contributed by atoms with Crippen molar-refractivity contribution in [3.8, 4) is 0 Å². The van der Waals surface area contributed by atoms with Crippen molar-refractivity contribution in [2.24, 2.45) is 0 Å². The summed E-state index contributed by atoms with van der Waals surface area (Å²) in [5.74, 6) is -0.0263. The molecule has 0 saturated heterocycles. The number of nitrogens with zero attached hydrogens (tertiary/aromatic N) is 1. The number of amides is 1. The lowest BCUT2D eigenvalue weighted by atomic mass is 10.1. The van der Waals surface area contributed by atoms with Gasteiger partial charge in [0, 0.05) is 19.0 Å². The van der Waals surface area contributed by atoms with E-state index in [9.17, 15) is 9.59 Å². The third kappa shape index (κ3) is 1.54. The summed E-state index contributed by atoms with van der Waals surface area (Å²) in [6.45, 7) is 3.03. The molecule has 0 aliphatic carbocycles. The van der Waals surface area contributed by atoms with Crippen LogP contribution in [-0.4, -0.2) is 17.7 Å². The van der Waals surface area contributed by atoms with Crippen molar-refractivity contribution >= 4 is 17.4 Å². The summed E-state index contributed by atoms with van der Waals surface area (Å²) in [7, 11) is 0. The summed E-state index contributed by atoms with van der Waals surface area (Å²) in [6, 6.07) is 7.37. The third-order valence-corrected chi connectivity index (χ3v) is 2.78. The van der Waals surface area contributed by atoms with Gasteiger partial charge in [-0.3, -0.25) is 9.59 Å². The Kier molecular flexibility index (Phi) is 2.31. The number of carbonyl (C=O) groups excluding carboxylic acids is 2. The molecule has 2 rings (SSSR count). The molecule has 1 heterocycles. The lowest BCUT2D eigenvalue weighted by molar-refractivity contribution is -0.122. The normalized spacial score (nSPS) is 18.8. The zero-order valence-electron chi connectivity index (χ0n) is 8.86. The number of Topliss-reactive ketones (excluding diaryl/α,β-unsaturated/α-hetero) is 1. The molecule has 1 amide bonds. The predicted octanol–water partition coefficient (Wildman–Crippen LogP) is 1.55. The van der Waals surface area contributed by atoms with Gasteiger partial charge in [0.15, 0.2) is 5.78 Å². The van der Waals surface area contributed by atoms with Gasteiger partial charge in [0.2, 0.25) is 5.91 Å². The van der Waals surface area contributed by atoms with E-state index in [1.807, 2.05) is 24.3 Å². The zero-order valence-corrected chi connectivity index (χ0v) is 8.86. The van der Waals surface area contributed by atoms with E-state index in [0.29, 0.717) is 6.42 Å².